The summed E-state index contributed by atoms with van der Waals surface area (Å²) in [5.74, 6) is 2.67. The number of aliphatic hydroxyl groups excluding tert-OH is 1. The smallest absolute Gasteiger partial charge is 0.375 e. The predicted molar refractivity (Wildman–Crippen MR) is 260 cm³/mol. The number of Topliss-reactive ketones (excluding diaryl/α,β-unsaturated/α-hetero) is 2. The van der Waals surface area contributed by atoms with E-state index in [1.807, 2.05) is 6.92 Å². The SMILES string of the molecule is CC(=O)O.CCO.CCOC(=O)C(=O)CC(C)=O.CCOC(=O)c1cc(C)n(-c2ccnc(Cl)n2)n1.CCOC(=O)c1cc(C)nn1-c1ccnc(Cl)n1.Clc1ccnc(Cl)n1.NNc1ccnc(Cl)n1. The number of rotatable bonds is 11. The number of aliphatic hydroxyl groups is 1. The highest BCUT2D eigenvalue weighted by Gasteiger charge is 2.18. The Morgan fingerprint density at radius 1 is 0.648 bits per heavy atom. The Kier molecular flexibility index (Phi) is 32.6. The van der Waals surface area contributed by atoms with Crippen molar-refractivity contribution in [2.45, 2.75) is 61.8 Å². The highest BCUT2D eigenvalue weighted by molar-refractivity contribution is 6.37. The maximum absolute atomic E-state index is 11.8. The summed E-state index contributed by atoms with van der Waals surface area (Å²) < 4.78 is 17.1. The zero-order valence-corrected chi connectivity index (χ0v) is 43.0. The number of esters is 3. The first-order valence-electron chi connectivity index (χ1n) is 20.1. The van der Waals surface area contributed by atoms with Gasteiger partial charge in [0.1, 0.15) is 16.8 Å². The highest BCUT2D eigenvalue weighted by Crippen LogP contribution is 2.14. The minimum absolute atomic E-state index is 0.0930. The van der Waals surface area contributed by atoms with Crippen LogP contribution in [0, 0.1) is 13.8 Å². The quantitative estimate of drug-likeness (QED) is 0.0169. The van der Waals surface area contributed by atoms with Crippen molar-refractivity contribution in [3.05, 3.63) is 110 Å². The van der Waals surface area contributed by atoms with Crippen LogP contribution in [0.5, 0.6) is 0 Å². The Bertz CT molecular complexity index is 2600. The summed E-state index contributed by atoms with van der Waals surface area (Å²) in [7, 11) is 0. The standard InChI is InChI=1S/2C11H11ClN4O2.C7H10O4.C4H2Cl2N2.C4H5ClN4.C2H4O2.C2H6O/c1-3-18-10(17)8-6-7(2)16(15-8)9-4-5-13-11(12)14-9;1-3-18-10(17)8-6-7(2)15-16(8)9-4-5-13-11(12)14-9;1-3-11-7(10)6(9)4-5(2)8;5-3-1-2-7-4(6)8-3;5-4-7-2-1-3(8-4)9-6;1-2(3)4;1-2-3/h2*4-6H,3H2,1-2H3;3-4H2,1-2H3;1-2H;1-2H,6H2,(H,7,8,9);1H3,(H,3,4);3H,2H2,1H3. The second-order valence-electron chi connectivity index (χ2n) is 12.3. The number of ether oxygens (including phenoxy) is 3. The van der Waals surface area contributed by atoms with Gasteiger partial charge in [0.15, 0.2) is 23.0 Å². The Balaban J connectivity index is 0.000000861. The van der Waals surface area contributed by atoms with Crippen LogP contribution < -0.4 is 11.3 Å². The molecule has 0 unspecified atom stereocenters. The van der Waals surface area contributed by atoms with Gasteiger partial charge in [-0.1, -0.05) is 11.6 Å². The fourth-order valence-electron chi connectivity index (χ4n) is 4.16. The normalized spacial score (nSPS) is 9.45. The number of carboxylic acid groups (broad SMARTS) is 1. The number of nitrogens with one attached hydrogen (secondary N) is 1. The third-order valence-electron chi connectivity index (χ3n) is 6.62. The van der Waals surface area contributed by atoms with Crippen LogP contribution in [0.2, 0.25) is 26.3 Å². The molecule has 5 N–H and O–H groups in total. The molecule has 0 bridgehead atoms. The number of nitrogens with zero attached hydrogens (tertiary/aromatic N) is 12. The van der Waals surface area contributed by atoms with E-state index in [1.165, 1.54) is 41.1 Å². The fraction of sp³-hybridized carbons (Fsp3) is 0.317. The molecule has 0 saturated heterocycles. The van der Waals surface area contributed by atoms with Gasteiger partial charge in [-0.05, 0) is 113 Å². The number of anilines is 1. The van der Waals surface area contributed by atoms with E-state index in [0.717, 1.165) is 12.6 Å². The van der Waals surface area contributed by atoms with Gasteiger partial charge in [-0.15, -0.1) is 0 Å². The molecule has 25 nitrogen and oxygen atoms in total. The topological polar surface area (TPSA) is 347 Å². The Morgan fingerprint density at radius 3 is 1.51 bits per heavy atom. The average molecular weight is 1090 g/mol. The number of nitrogen functional groups attached to an aromatic ring is 1. The van der Waals surface area contributed by atoms with E-state index < -0.39 is 29.7 Å². The van der Waals surface area contributed by atoms with Crippen LogP contribution in [0.25, 0.3) is 11.6 Å². The summed E-state index contributed by atoms with van der Waals surface area (Å²) in [4.78, 5) is 94.0. The molecule has 0 radical (unpaired) electrons. The van der Waals surface area contributed by atoms with E-state index >= 15 is 0 Å². The molecule has 0 spiro atoms. The van der Waals surface area contributed by atoms with E-state index in [2.05, 4.69) is 60.2 Å². The van der Waals surface area contributed by atoms with Gasteiger partial charge >= 0.3 is 17.9 Å². The number of carbonyl (C=O) groups is 6. The van der Waals surface area contributed by atoms with Crippen LogP contribution in [0.15, 0.2) is 61.2 Å². The molecule has 30 heteroatoms. The van der Waals surface area contributed by atoms with Crippen molar-refractivity contribution in [2.24, 2.45) is 5.84 Å². The molecule has 0 aliphatic heterocycles. The van der Waals surface area contributed by atoms with Crippen molar-refractivity contribution in [3.63, 3.8) is 0 Å². The zero-order valence-electron chi connectivity index (χ0n) is 39.2. The molecule has 0 fully saturated rings. The third kappa shape index (κ3) is 27.8. The van der Waals surface area contributed by atoms with Gasteiger partial charge in [-0.2, -0.15) is 25.1 Å². The van der Waals surface area contributed by atoms with Crippen LogP contribution >= 0.6 is 58.0 Å². The van der Waals surface area contributed by atoms with Crippen LogP contribution in [0.4, 0.5) is 5.82 Å². The van der Waals surface area contributed by atoms with Crippen molar-refractivity contribution in [2.75, 3.05) is 31.9 Å². The van der Waals surface area contributed by atoms with Crippen molar-refractivity contribution >= 4 is 99.3 Å². The number of carbonyl (C=O) groups excluding carboxylic acids is 5. The lowest BCUT2D eigenvalue weighted by atomic mass is 10.2. The second kappa shape index (κ2) is 36.1. The van der Waals surface area contributed by atoms with Crippen LogP contribution in [0.1, 0.15) is 80.3 Å². The van der Waals surface area contributed by atoms with Crippen molar-refractivity contribution in [1.82, 2.24) is 59.4 Å². The lowest BCUT2D eigenvalue weighted by Crippen LogP contribution is -2.19. The molecule has 0 amide bonds. The third-order valence-corrected chi connectivity index (χ3v) is 7.56. The van der Waals surface area contributed by atoms with Crippen LogP contribution in [-0.4, -0.2) is 132 Å². The Labute approximate surface area is 431 Å². The lowest BCUT2D eigenvalue weighted by molar-refractivity contribution is -0.154. The highest BCUT2D eigenvalue weighted by atomic mass is 35.5. The number of aryl methyl sites for hydroxylation is 2. The summed E-state index contributed by atoms with van der Waals surface area (Å²) in [5, 5.41) is 24.3. The number of hydrogen-bond acceptors (Lipinski definition) is 22. The van der Waals surface area contributed by atoms with Gasteiger partial charge in [0.25, 0.3) is 5.97 Å². The van der Waals surface area contributed by atoms with Crippen molar-refractivity contribution in [3.8, 4) is 11.6 Å². The van der Waals surface area contributed by atoms with E-state index in [9.17, 15) is 24.0 Å². The maximum Gasteiger partial charge on any atom is 0.375 e. The molecule has 0 atom stereocenters. The molecule has 71 heavy (non-hydrogen) atoms. The number of ketones is 2. The summed E-state index contributed by atoms with van der Waals surface area (Å²) in [6, 6.07) is 9.71. The summed E-state index contributed by atoms with van der Waals surface area (Å²) in [5.41, 5.74) is 4.33. The molecule has 0 aliphatic rings. The van der Waals surface area contributed by atoms with E-state index in [4.69, 9.17) is 88.3 Å². The molecule has 0 aliphatic carbocycles. The molecule has 0 aromatic carbocycles. The Morgan fingerprint density at radius 2 is 1.10 bits per heavy atom. The van der Waals surface area contributed by atoms with E-state index in [0.29, 0.717) is 47.2 Å². The van der Waals surface area contributed by atoms with Crippen LogP contribution in [-0.2, 0) is 33.4 Å². The number of hydrogen-bond donors (Lipinski definition) is 4. The van der Waals surface area contributed by atoms with E-state index in [1.54, 1.807) is 71.0 Å². The Hall–Kier alpha value is -6.87. The minimum Gasteiger partial charge on any atom is -0.481 e. The molecular formula is C41H49Cl5N14O11. The van der Waals surface area contributed by atoms with Gasteiger partial charge < -0.3 is 29.8 Å². The summed E-state index contributed by atoms with van der Waals surface area (Å²) >= 11 is 27.6. The minimum atomic E-state index is -0.928. The molecule has 6 aromatic heterocycles. The number of carboxylic acids is 1. The van der Waals surface area contributed by atoms with Gasteiger partial charge in [0.05, 0.1) is 31.9 Å². The fourth-order valence-corrected chi connectivity index (χ4v) is 4.92. The largest absolute Gasteiger partial charge is 0.481 e. The zero-order chi connectivity index (χ0) is 54.1. The maximum atomic E-state index is 11.8. The second-order valence-corrected chi connectivity index (χ2v) is 14.1. The van der Waals surface area contributed by atoms with Crippen LogP contribution in [0.3, 0.4) is 0 Å². The number of aliphatic carboxylic acids is 1. The summed E-state index contributed by atoms with van der Waals surface area (Å²) in [6.45, 7) is 13.7. The number of aromatic nitrogens is 12. The van der Waals surface area contributed by atoms with Gasteiger partial charge in [0, 0.05) is 62.2 Å². The average Bonchev–Trinajstić information content (AvgIpc) is 3.90. The monoisotopic (exact) mass is 1090 g/mol. The first kappa shape index (κ1) is 64.1. The number of hydrazine groups is 1. The first-order valence-corrected chi connectivity index (χ1v) is 22.0. The van der Waals surface area contributed by atoms with Gasteiger partial charge in [0.2, 0.25) is 26.9 Å². The first-order chi connectivity index (χ1) is 33.6. The van der Waals surface area contributed by atoms with Gasteiger partial charge in [-0.3, -0.25) is 14.4 Å². The lowest BCUT2D eigenvalue weighted by Gasteiger charge is -2.05. The van der Waals surface area contributed by atoms with Crippen molar-refractivity contribution < 1.29 is 53.2 Å². The number of nitrogens with two attached hydrogens (primary N) is 1. The molecule has 6 rings (SSSR count). The van der Waals surface area contributed by atoms with Crippen molar-refractivity contribution in [1.29, 1.82) is 0 Å². The summed E-state index contributed by atoms with van der Waals surface area (Å²) in [6.07, 6.45) is 5.67. The van der Waals surface area contributed by atoms with E-state index in [-0.39, 0.29) is 52.2 Å². The molecule has 6 heterocycles. The molecule has 384 valence electrons. The molecule has 0 saturated carbocycles. The van der Waals surface area contributed by atoms with Gasteiger partial charge in [-0.25, -0.2) is 54.5 Å². The molecular weight excluding hydrogens is 1040 g/mol. The number of halogens is 5. The molecule has 6 aromatic rings. The predicted octanol–water partition coefficient (Wildman–Crippen LogP) is 5.99.